The molecule has 0 saturated heterocycles. The minimum absolute atomic E-state index is 0.106. The summed E-state index contributed by atoms with van der Waals surface area (Å²) in [5.41, 5.74) is 3.34. The third kappa shape index (κ3) is 4.63. The van der Waals surface area contributed by atoms with Crippen molar-refractivity contribution < 1.29 is 9.18 Å². The van der Waals surface area contributed by atoms with Crippen LogP contribution in [0.1, 0.15) is 16.6 Å². The highest BCUT2D eigenvalue weighted by Crippen LogP contribution is 2.28. The Balaban J connectivity index is 1.64. The third-order valence-electron chi connectivity index (χ3n) is 3.21. The van der Waals surface area contributed by atoms with Crippen molar-refractivity contribution in [2.75, 3.05) is 0 Å². The van der Waals surface area contributed by atoms with Crippen molar-refractivity contribution in [3.63, 3.8) is 0 Å². The fraction of sp³-hybridized carbons (Fsp3) is 0.0588. The first-order valence-corrected chi connectivity index (χ1v) is 9.54. The van der Waals surface area contributed by atoms with Crippen LogP contribution in [-0.2, 0) is 0 Å². The molecule has 0 atom stereocenters. The Labute approximate surface area is 162 Å². The average Bonchev–Trinajstić information content (AvgIpc) is 3.15. The van der Waals surface area contributed by atoms with E-state index in [0.29, 0.717) is 20.8 Å². The number of nitrogens with zero attached hydrogens (tertiary/aromatic N) is 2. The predicted molar refractivity (Wildman–Crippen MR) is 108 cm³/mol. The molecule has 0 bridgehead atoms. The van der Waals surface area contributed by atoms with Gasteiger partial charge in [-0.2, -0.15) is 5.10 Å². The second-order valence-electron chi connectivity index (χ2n) is 5.08. The van der Waals surface area contributed by atoms with Crippen molar-refractivity contribution in [3.8, 4) is 0 Å². The van der Waals surface area contributed by atoms with E-state index in [1.54, 1.807) is 37.4 Å². The zero-order valence-electron chi connectivity index (χ0n) is 13.5. The number of rotatable bonds is 3. The zero-order valence-corrected chi connectivity index (χ0v) is 16.0. The molecule has 0 aliphatic carbocycles. The normalized spacial score (nSPS) is 11.4. The predicted octanol–water partition coefficient (Wildman–Crippen LogP) is 4.17. The van der Waals surface area contributed by atoms with Gasteiger partial charge in [0.15, 0.2) is 5.11 Å². The Morgan fingerprint density at radius 1 is 1.35 bits per heavy atom. The van der Waals surface area contributed by atoms with Gasteiger partial charge in [-0.05, 0) is 54.9 Å². The first-order chi connectivity index (χ1) is 12.5. The van der Waals surface area contributed by atoms with Gasteiger partial charge in [0, 0.05) is 16.5 Å². The summed E-state index contributed by atoms with van der Waals surface area (Å²) < 4.78 is 13.5. The summed E-state index contributed by atoms with van der Waals surface area (Å²) in [4.78, 5) is 17.5. The summed E-state index contributed by atoms with van der Waals surface area (Å²) >= 11 is 7.74. The zero-order chi connectivity index (χ0) is 18.5. The van der Waals surface area contributed by atoms with E-state index in [4.69, 9.17) is 12.2 Å². The van der Waals surface area contributed by atoms with E-state index in [2.05, 4.69) is 20.8 Å². The Morgan fingerprint density at radius 2 is 2.19 bits per heavy atom. The molecular weight excluding hydrogens is 391 g/mol. The van der Waals surface area contributed by atoms with Gasteiger partial charge in [-0.3, -0.25) is 20.5 Å². The van der Waals surface area contributed by atoms with Gasteiger partial charge >= 0.3 is 0 Å². The van der Waals surface area contributed by atoms with E-state index in [1.807, 2.05) is 5.38 Å². The van der Waals surface area contributed by atoms with Crippen LogP contribution >= 0.6 is 35.3 Å². The van der Waals surface area contributed by atoms with Gasteiger partial charge < -0.3 is 0 Å². The van der Waals surface area contributed by atoms with Crippen molar-refractivity contribution in [2.24, 2.45) is 5.10 Å². The van der Waals surface area contributed by atoms with E-state index < -0.39 is 0 Å². The van der Waals surface area contributed by atoms with Crippen molar-refractivity contribution in [1.82, 2.24) is 15.7 Å². The molecule has 0 radical (unpaired) electrons. The van der Waals surface area contributed by atoms with Crippen LogP contribution in [0.5, 0.6) is 0 Å². The second kappa shape index (κ2) is 8.35. The van der Waals surface area contributed by atoms with Crippen LogP contribution in [-0.4, -0.2) is 21.0 Å². The number of thioether (sulfide) groups is 1. The molecule has 0 spiro atoms. The van der Waals surface area contributed by atoms with Crippen LogP contribution in [0, 0.1) is 5.82 Å². The van der Waals surface area contributed by atoms with Crippen LogP contribution in [0.25, 0.3) is 10.9 Å². The standard InChI is InChI=1S/C17H13FN4OS3/c1-10(21-22-17(24)20-16(23)15-3-2-8-25-15)26-14-6-7-19-13-5-4-11(18)9-12(13)14/h2-9H,1H3,(H2,20,22,23,24)/b21-10+. The minimum atomic E-state index is -0.322. The number of nitrogens with one attached hydrogen (secondary N) is 2. The first-order valence-electron chi connectivity index (χ1n) is 7.44. The maximum atomic E-state index is 13.5. The SMILES string of the molecule is C/C(=N\NC(=S)NC(=O)c1cccs1)Sc1ccnc2ccc(F)cc12. The van der Waals surface area contributed by atoms with Gasteiger partial charge in [-0.25, -0.2) is 4.39 Å². The molecule has 3 rings (SSSR count). The maximum Gasteiger partial charge on any atom is 0.267 e. The van der Waals surface area contributed by atoms with E-state index in [1.165, 1.54) is 35.2 Å². The van der Waals surface area contributed by atoms with Gasteiger partial charge in [0.05, 0.1) is 15.4 Å². The summed E-state index contributed by atoms with van der Waals surface area (Å²) in [6, 6.07) is 9.74. The lowest BCUT2D eigenvalue weighted by Crippen LogP contribution is -2.36. The highest BCUT2D eigenvalue weighted by molar-refractivity contribution is 8.14. The van der Waals surface area contributed by atoms with Gasteiger partial charge in [-0.15, -0.1) is 11.3 Å². The van der Waals surface area contributed by atoms with Gasteiger partial charge in [-0.1, -0.05) is 17.8 Å². The summed E-state index contributed by atoms with van der Waals surface area (Å²) in [6.07, 6.45) is 1.66. The van der Waals surface area contributed by atoms with Crippen molar-refractivity contribution >= 4 is 62.3 Å². The van der Waals surface area contributed by atoms with Crippen molar-refractivity contribution in [2.45, 2.75) is 11.8 Å². The topological polar surface area (TPSA) is 66.4 Å². The van der Waals surface area contributed by atoms with Gasteiger partial charge in [0.2, 0.25) is 0 Å². The van der Waals surface area contributed by atoms with E-state index in [9.17, 15) is 9.18 Å². The molecule has 5 nitrogen and oxygen atoms in total. The number of hydrogen-bond donors (Lipinski definition) is 2. The molecule has 0 aliphatic rings. The summed E-state index contributed by atoms with van der Waals surface area (Å²) in [5.74, 6) is -0.605. The monoisotopic (exact) mass is 404 g/mol. The average molecular weight is 405 g/mol. The molecule has 26 heavy (non-hydrogen) atoms. The fourth-order valence-electron chi connectivity index (χ4n) is 2.09. The van der Waals surface area contributed by atoms with E-state index >= 15 is 0 Å². The Hall–Kier alpha value is -2.36. The number of fused-ring (bicyclic) bond motifs is 1. The Bertz CT molecular complexity index is 989. The lowest BCUT2D eigenvalue weighted by molar-refractivity contribution is 0.0980. The molecule has 0 saturated carbocycles. The Kier molecular flexibility index (Phi) is 5.92. The molecule has 0 fully saturated rings. The number of pyridine rings is 1. The number of amides is 1. The molecule has 2 heterocycles. The molecule has 2 aromatic heterocycles. The van der Waals surface area contributed by atoms with Crippen LogP contribution < -0.4 is 10.7 Å². The number of thiocarbonyl (C=S) groups is 1. The number of hydrogen-bond acceptors (Lipinski definition) is 6. The molecule has 2 N–H and O–H groups in total. The highest BCUT2D eigenvalue weighted by atomic mass is 32.2. The molecule has 9 heteroatoms. The number of halogens is 1. The van der Waals surface area contributed by atoms with Crippen LogP contribution in [0.2, 0.25) is 0 Å². The van der Waals surface area contributed by atoms with E-state index in [-0.39, 0.29) is 16.8 Å². The minimum Gasteiger partial charge on any atom is -0.297 e. The first kappa shape index (κ1) is 18.4. The largest absolute Gasteiger partial charge is 0.297 e. The molecular formula is C17H13FN4OS3. The van der Waals surface area contributed by atoms with E-state index in [0.717, 1.165) is 4.90 Å². The van der Waals surface area contributed by atoms with Crippen LogP contribution in [0.4, 0.5) is 4.39 Å². The lowest BCUT2D eigenvalue weighted by Gasteiger charge is -2.07. The smallest absolute Gasteiger partial charge is 0.267 e. The maximum absolute atomic E-state index is 13.5. The molecule has 132 valence electrons. The van der Waals surface area contributed by atoms with Crippen molar-refractivity contribution in [3.05, 3.63) is 58.7 Å². The molecule has 1 aromatic carbocycles. The lowest BCUT2D eigenvalue weighted by atomic mass is 10.2. The number of benzene rings is 1. The number of carbonyl (C=O) groups excluding carboxylic acids is 1. The van der Waals surface area contributed by atoms with Gasteiger partial charge in [0.1, 0.15) is 5.82 Å². The number of carbonyl (C=O) groups is 1. The second-order valence-corrected chi connectivity index (χ2v) is 7.67. The number of aromatic nitrogens is 1. The molecule has 3 aromatic rings. The fourth-order valence-corrected chi connectivity index (χ4v) is 3.66. The quantitative estimate of drug-likeness (QED) is 0.226. The molecule has 1 amide bonds. The number of hydrazone groups is 1. The van der Waals surface area contributed by atoms with Crippen LogP contribution in [0.3, 0.4) is 0 Å². The highest BCUT2D eigenvalue weighted by Gasteiger charge is 2.09. The van der Waals surface area contributed by atoms with Crippen LogP contribution in [0.15, 0.2) is 58.0 Å². The van der Waals surface area contributed by atoms with Gasteiger partial charge in [0.25, 0.3) is 5.91 Å². The third-order valence-corrected chi connectivity index (χ3v) is 5.23. The summed E-state index contributed by atoms with van der Waals surface area (Å²) in [6.45, 7) is 1.78. The molecule has 0 aliphatic heterocycles. The number of thiophene rings is 1. The van der Waals surface area contributed by atoms with Crippen molar-refractivity contribution in [1.29, 1.82) is 0 Å². The molecule has 0 unspecified atom stereocenters. The summed E-state index contributed by atoms with van der Waals surface area (Å²) in [7, 11) is 0. The summed E-state index contributed by atoms with van der Waals surface area (Å²) in [5, 5.41) is 9.97. The Morgan fingerprint density at radius 3 is 2.96 bits per heavy atom.